The minimum absolute atomic E-state index is 0.0426. The van der Waals surface area contributed by atoms with Gasteiger partial charge in [0.15, 0.2) is 11.5 Å². The highest BCUT2D eigenvalue weighted by molar-refractivity contribution is 5.92. The minimum Gasteiger partial charge on any atom is -0.490 e. The van der Waals surface area contributed by atoms with E-state index in [1.165, 1.54) is 5.56 Å². The summed E-state index contributed by atoms with van der Waals surface area (Å²) in [7, 11) is 0. The first kappa shape index (κ1) is 22.7. The molecule has 3 aliphatic heterocycles. The Balaban J connectivity index is 1.37. The van der Waals surface area contributed by atoms with Crippen molar-refractivity contribution >= 4 is 17.5 Å². The van der Waals surface area contributed by atoms with Crippen LogP contribution >= 0.6 is 0 Å². The van der Waals surface area contributed by atoms with Crippen molar-refractivity contribution in [2.75, 3.05) is 44.7 Å². The SMILES string of the molecule is CC(=O)N[C@@]12CNCC[C@@H]1[C@@H](c1ccccc1)N(CC(=O)Nc1ccc3c(c1)OCCCO3)C2. The van der Waals surface area contributed by atoms with Gasteiger partial charge in [0.2, 0.25) is 11.8 Å². The first-order chi connectivity index (χ1) is 16.5. The number of piperidine rings is 1. The highest BCUT2D eigenvalue weighted by Crippen LogP contribution is 2.46. The van der Waals surface area contributed by atoms with Gasteiger partial charge >= 0.3 is 0 Å². The van der Waals surface area contributed by atoms with Gasteiger partial charge in [-0.25, -0.2) is 0 Å². The van der Waals surface area contributed by atoms with Gasteiger partial charge in [0.1, 0.15) is 0 Å². The summed E-state index contributed by atoms with van der Waals surface area (Å²) in [6.45, 7) is 5.22. The zero-order valence-electron chi connectivity index (χ0n) is 19.5. The molecule has 2 saturated heterocycles. The largest absolute Gasteiger partial charge is 0.490 e. The maximum atomic E-state index is 13.2. The van der Waals surface area contributed by atoms with Gasteiger partial charge < -0.3 is 25.4 Å². The molecule has 2 fully saturated rings. The molecule has 5 rings (SSSR count). The van der Waals surface area contributed by atoms with Crippen LogP contribution in [0.1, 0.15) is 31.4 Å². The number of nitrogens with zero attached hydrogens (tertiary/aromatic N) is 1. The molecule has 0 aliphatic carbocycles. The second kappa shape index (κ2) is 9.64. The third-order valence-electron chi connectivity index (χ3n) is 6.99. The van der Waals surface area contributed by atoms with Crippen molar-refractivity contribution in [3.63, 3.8) is 0 Å². The average molecular weight is 465 g/mol. The molecule has 0 bridgehead atoms. The minimum atomic E-state index is -0.403. The molecule has 34 heavy (non-hydrogen) atoms. The number of fused-ring (bicyclic) bond motifs is 2. The normalized spacial score (nSPS) is 26.3. The van der Waals surface area contributed by atoms with Crippen molar-refractivity contribution in [1.29, 1.82) is 0 Å². The lowest BCUT2D eigenvalue weighted by molar-refractivity contribution is -0.121. The molecular weight excluding hydrogens is 432 g/mol. The van der Waals surface area contributed by atoms with Crippen LogP contribution in [0.3, 0.4) is 0 Å². The smallest absolute Gasteiger partial charge is 0.238 e. The van der Waals surface area contributed by atoms with E-state index in [0.29, 0.717) is 43.5 Å². The summed E-state index contributed by atoms with van der Waals surface area (Å²) in [4.78, 5) is 27.5. The number of carbonyl (C=O) groups excluding carboxylic acids is 2. The van der Waals surface area contributed by atoms with Crippen molar-refractivity contribution in [3.8, 4) is 11.5 Å². The molecule has 0 radical (unpaired) electrons. The molecular formula is C26H32N4O4. The number of amides is 2. The number of hydrogen-bond acceptors (Lipinski definition) is 6. The molecule has 3 N–H and O–H groups in total. The third-order valence-corrected chi connectivity index (χ3v) is 6.99. The van der Waals surface area contributed by atoms with Gasteiger partial charge in [0.25, 0.3) is 0 Å². The molecule has 180 valence electrons. The molecule has 0 saturated carbocycles. The zero-order valence-corrected chi connectivity index (χ0v) is 19.5. The summed E-state index contributed by atoms with van der Waals surface area (Å²) in [6, 6.07) is 15.8. The molecule has 0 spiro atoms. The van der Waals surface area contributed by atoms with Crippen LogP contribution in [-0.4, -0.2) is 61.6 Å². The molecule has 2 aromatic carbocycles. The molecule has 0 unspecified atom stereocenters. The van der Waals surface area contributed by atoms with Crippen molar-refractivity contribution in [1.82, 2.24) is 15.5 Å². The van der Waals surface area contributed by atoms with E-state index in [1.807, 2.05) is 36.4 Å². The first-order valence-corrected chi connectivity index (χ1v) is 12.0. The van der Waals surface area contributed by atoms with Crippen LogP contribution in [-0.2, 0) is 9.59 Å². The summed E-state index contributed by atoms with van der Waals surface area (Å²) < 4.78 is 11.4. The predicted molar refractivity (Wildman–Crippen MR) is 129 cm³/mol. The lowest BCUT2D eigenvalue weighted by Crippen LogP contribution is -2.62. The molecule has 2 aromatic rings. The Kier molecular flexibility index (Phi) is 6.43. The van der Waals surface area contributed by atoms with Crippen LogP contribution in [0.5, 0.6) is 11.5 Å². The van der Waals surface area contributed by atoms with Crippen molar-refractivity contribution < 1.29 is 19.1 Å². The Morgan fingerprint density at radius 2 is 1.91 bits per heavy atom. The summed E-state index contributed by atoms with van der Waals surface area (Å²) in [6.07, 6.45) is 1.76. The van der Waals surface area contributed by atoms with E-state index < -0.39 is 5.54 Å². The number of nitrogens with one attached hydrogen (secondary N) is 3. The van der Waals surface area contributed by atoms with E-state index in [9.17, 15) is 9.59 Å². The molecule has 3 atom stereocenters. The first-order valence-electron chi connectivity index (χ1n) is 12.0. The van der Waals surface area contributed by atoms with Gasteiger partial charge in [0, 0.05) is 50.1 Å². The number of carbonyl (C=O) groups is 2. The molecule has 0 aromatic heterocycles. The van der Waals surface area contributed by atoms with Crippen LogP contribution < -0.4 is 25.4 Å². The van der Waals surface area contributed by atoms with E-state index in [1.54, 1.807) is 6.92 Å². The van der Waals surface area contributed by atoms with E-state index in [2.05, 4.69) is 33.0 Å². The summed E-state index contributed by atoms with van der Waals surface area (Å²) in [5, 5.41) is 9.73. The van der Waals surface area contributed by atoms with Crippen LogP contribution in [0, 0.1) is 5.92 Å². The molecule has 8 nitrogen and oxygen atoms in total. The summed E-state index contributed by atoms with van der Waals surface area (Å²) in [5.41, 5.74) is 1.45. The van der Waals surface area contributed by atoms with Crippen molar-refractivity contribution in [2.45, 2.75) is 31.3 Å². The Hall–Kier alpha value is -3.10. The van der Waals surface area contributed by atoms with Crippen LogP contribution in [0.25, 0.3) is 0 Å². The fraction of sp³-hybridized carbons (Fsp3) is 0.462. The fourth-order valence-corrected chi connectivity index (χ4v) is 5.73. The van der Waals surface area contributed by atoms with Gasteiger partial charge in [0.05, 0.1) is 25.3 Å². The summed E-state index contributed by atoms with van der Waals surface area (Å²) in [5.74, 6) is 1.43. The number of benzene rings is 2. The molecule has 2 amide bonds. The van der Waals surface area contributed by atoms with Crippen LogP contribution in [0.4, 0.5) is 5.69 Å². The Labute approximate surface area is 200 Å². The van der Waals surface area contributed by atoms with E-state index >= 15 is 0 Å². The van der Waals surface area contributed by atoms with Gasteiger partial charge in [-0.1, -0.05) is 30.3 Å². The number of anilines is 1. The van der Waals surface area contributed by atoms with Crippen LogP contribution in [0.2, 0.25) is 0 Å². The summed E-state index contributed by atoms with van der Waals surface area (Å²) >= 11 is 0. The van der Waals surface area contributed by atoms with Gasteiger partial charge in [-0.3, -0.25) is 14.5 Å². The molecule has 8 heteroatoms. The lowest BCUT2D eigenvalue weighted by Gasteiger charge is -2.41. The molecule has 3 aliphatic rings. The van der Waals surface area contributed by atoms with E-state index in [0.717, 1.165) is 19.4 Å². The Bertz CT molecular complexity index is 1050. The van der Waals surface area contributed by atoms with Crippen LogP contribution in [0.15, 0.2) is 48.5 Å². The van der Waals surface area contributed by atoms with Gasteiger partial charge in [-0.15, -0.1) is 0 Å². The Morgan fingerprint density at radius 3 is 2.71 bits per heavy atom. The fourth-order valence-electron chi connectivity index (χ4n) is 5.73. The highest BCUT2D eigenvalue weighted by Gasteiger charge is 2.54. The van der Waals surface area contributed by atoms with Crippen molar-refractivity contribution in [3.05, 3.63) is 54.1 Å². The number of hydrogen-bond donors (Lipinski definition) is 3. The number of likely N-dealkylation sites (tertiary alicyclic amines) is 1. The highest BCUT2D eigenvalue weighted by atomic mass is 16.5. The second-order valence-corrected chi connectivity index (χ2v) is 9.43. The predicted octanol–water partition coefficient (Wildman–Crippen LogP) is 2.33. The lowest BCUT2D eigenvalue weighted by atomic mass is 9.76. The topological polar surface area (TPSA) is 91.9 Å². The second-order valence-electron chi connectivity index (χ2n) is 9.43. The van der Waals surface area contributed by atoms with Gasteiger partial charge in [-0.05, 0) is 30.7 Å². The number of ether oxygens (including phenoxy) is 2. The van der Waals surface area contributed by atoms with Gasteiger partial charge in [-0.2, -0.15) is 0 Å². The quantitative estimate of drug-likeness (QED) is 0.629. The maximum Gasteiger partial charge on any atom is 0.238 e. The standard InChI is InChI=1S/C26H32N4O4/c1-18(31)29-26-16-27-11-10-21(26)25(19-6-3-2-4-7-19)30(17-26)15-24(32)28-20-8-9-22-23(14-20)34-13-5-12-33-22/h2-4,6-9,14,21,25,27H,5,10-13,15-17H2,1H3,(H,28,32)(H,29,31)/t21-,25-,26-/m1/s1. The zero-order chi connectivity index (χ0) is 23.5. The monoisotopic (exact) mass is 464 g/mol. The third kappa shape index (κ3) is 4.60. The van der Waals surface area contributed by atoms with E-state index in [4.69, 9.17) is 9.47 Å². The number of rotatable bonds is 5. The maximum absolute atomic E-state index is 13.2. The molecule has 3 heterocycles. The van der Waals surface area contributed by atoms with E-state index in [-0.39, 0.29) is 30.3 Å². The Morgan fingerprint density at radius 1 is 1.12 bits per heavy atom. The average Bonchev–Trinajstić information content (AvgIpc) is 2.95. The van der Waals surface area contributed by atoms with Crippen molar-refractivity contribution in [2.24, 2.45) is 5.92 Å².